The van der Waals surface area contributed by atoms with Crippen molar-refractivity contribution in [3.8, 4) is 0 Å². The Morgan fingerprint density at radius 2 is 1.36 bits per heavy atom. The number of esters is 1. The third-order valence-electron chi connectivity index (χ3n) is 4.36. The fraction of sp³-hybridized carbons (Fsp3) is 0.947. The van der Waals surface area contributed by atoms with Crippen LogP contribution in [0.2, 0.25) is 0 Å². The molecule has 130 valence electrons. The molecule has 1 heterocycles. The van der Waals surface area contributed by atoms with E-state index in [1.807, 2.05) is 6.92 Å². The standard InChI is InChI=1S/C19H36O3/c1-3-5-6-7-8-9-10-11-12-13-14-15-17-18(22-17)19(20)21-16-4-2/h17-18H,3-16H2,1-2H3. The molecule has 2 atom stereocenters. The minimum absolute atomic E-state index is 0.142. The summed E-state index contributed by atoms with van der Waals surface area (Å²) in [7, 11) is 0. The van der Waals surface area contributed by atoms with Gasteiger partial charge >= 0.3 is 5.97 Å². The Kier molecular flexibility index (Phi) is 11.4. The monoisotopic (exact) mass is 312 g/mol. The molecule has 0 amide bonds. The summed E-state index contributed by atoms with van der Waals surface area (Å²) < 4.78 is 10.5. The Labute approximate surface area is 137 Å². The smallest absolute Gasteiger partial charge is 0.338 e. The molecule has 1 saturated heterocycles. The van der Waals surface area contributed by atoms with Gasteiger partial charge in [0.1, 0.15) is 0 Å². The maximum atomic E-state index is 11.5. The van der Waals surface area contributed by atoms with Gasteiger partial charge in [0.15, 0.2) is 6.10 Å². The zero-order valence-electron chi connectivity index (χ0n) is 14.8. The molecule has 3 nitrogen and oxygen atoms in total. The number of carbonyl (C=O) groups excluding carboxylic acids is 1. The number of hydrogen-bond acceptors (Lipinski definition) is 3. The lowest BCUT2D eigenvalue weighted by Gasteiger charge is -2.02. The first-order chi connectivity index (χ1) is 10.8. The SMILES string of the molecule is CCCCCCCCCCCCCC1OC1C(=O)OCCC. The van der Waals surface area contributed by atoms with Crippen LogP contribution in [0.5, 0.6) is 0 Å². The highest BCUT2D eigenvalue weighted by Crippen LogP contribution is 2.28. The fourth-order valence-corrected chi connectivity index (χ4v) is 2.86. The summed E-state index contributed by atoms with van der Waals surface area (Å²) in [6.07, 6.45) is 16.7. The Morgan fingerprint density at radius 1 is 0.818 bits per heavy atom. The van der Waals surface area contributed by atoms with Crippen LogP contribution in [0, 0.1) is 0 Å². The van der Waals surface area contributed by atoms with Crippen molar-refractivity contribution in [2.75, 3.05) is 6.61 Å². The van der Waals surface area contributed by atoms with Crippen molar-refractivity contribution < 1.29 is 14.3 Å². The van der Waals surface area contributed by atoms with E-state index in [0.717, 1.165) is 12.8 Å². The first-order valence-corrected chi connectivity index (χ1v) is 9.61. The molecule has 1 rings (SSSR count). The largest absolute Gasteiger partial charge is 0.464 e. The topological polar surface area (TPSA) is 38.8 Å². The van der Waals surface area contributed by atoms with Crippen LogP contribution >= 0.6 is 0 Å². The van der Waals surface area contributed by atoms with Crippen LogP contribution in [0.15, 0.2) is 0 Å². The highest BCUT2D eigenvalue weighted by atomic mass is 16.6. The lowest BCUT2D eigenvalue weighted by Crippen LogP contribution is -2.14. The number of epoxide rings is 1. The quantitative estimate of drug-likeness (QED) is 0.230. The average Bonchev–Trinajstić information content (AvgIpc) is 3.30. The molecule has 0 aromatic carbocycles. The number of ether oxygens (including phenoxy) is 2. The summed E-state index contributed by atoms with van der Waals surface area (Å²) in [5.41, 5.74) is 0. The van der Waals surface area contributed by atoms with Crippen LogP contribution in [-0.2, 0) is 14.3 Å². The van der Waals surface area contributed by atoms with E-state index in [1.165, 1.54) is 70.6 Å². The van der Waals surface area contributed by atoms with Gasteiger partial charge in [-0.1, -0.05) is 84.5 Å². The Balaban J connectivity index is 1.78. The number of hydrogen-bond donors (Lipinski definition) is 0. The molecule has 3 heteroatoms. The van der Waals surface area contributed by atoms with E-state index in [-0.39, 0.29) is 18.2 Å². The molecule has 0 spiro atoms. The first-order valence-electron chi connectivity index (χ1n) is 9.61. The maximum absolute atomic E-state index is 11.5. The van der Waals surface area contributed by atoms with Crippen LogP contribution in [0.4, 0.5) is 0 Å². The second kappa shape index (κ2) is 12.9. The molecule has 0 aliphatic carbocycles. The van der Waals surface area contributed by atoms with Gasteiger partial charge in [-0.15, -0.1) is 0 Å². The molecule has 1 aliphatic rings. The molecule has 0 N–H and O–H groups in total. The zero-order valence-corrected chi connectivity index (χ0v) is 14.8. The van der Waals surface area contributed by atoms with Gasteiger partial charge in [0, 0.05) is 0 Å². The summed E-state index contributed by atoms with van der Waals surface area (Å²) in [5.74, 6) is -0.157. The number of rotatable bonds is 15. The Bertz CT molecular complexity index is 278. The average molecular weight is 312 g/mol. The van der Waals surface area contributed by atoms with Gasteiger partial charge in [0.25, 0.3) is 0 Å². The highest BCUT2D eigenvalue weighted by molar-refractivity contribution is 5.77. The van der Waals surface area contributed by atoms with Crippen molar-refractivity contribution >= 4 is 5.97 Å². The maximum Gasteiger partial charge on any atom is 0.338 e. The van der Waals surface area contributed by atoms with Crippen molar-refractivity contribution in [1.29, 1.82) is 0 Å². The molecule has 2 unspecified atom stereocenters. The summed E-state index contributed by atoms with van der Waals surface area (Å²) in [6, 6.07) is 0. The normalized spacial score (nSPS) is 20.1. The van der Waals surface area contributed by atoms with E-state index in [1.54, 1.807) is 0 Å². The van der Waals surface area contributed by atoms with E-state index >= 15 is 0 Å². The van der Waals surface area contributed by atoms with E-state index < -0.39 is 0 Å². The zero-order chi connectivity index (χ0) is 16.0. The van der Waals surface area contributed by atoms with Crippen molar-refractivity contribution in [2.24, 2.45) is 0 Å². The van der Waals surface area contributed by atoms with Crippen LogP contribution in [0.1, 0.15) is 97.3 Å². The predicted octanol–water partition coefficient (Wildman–Crippen LogP) is 5.41. The molecular weight excluding hydrogens is 276 g/mol. The van der Waals surface area contributed by atoms with Gasteiger partial charge < -0.3 is 9.47 Å². The lowest BCUT2D eigenvalue weighted by molar-refractivity contribution is -0.145. The van der Waals surface area contributed by atoms with Crippen LogP contribution in [-0.4, -0.2) is 24.8 Å². The van der Waals surface area contributed by atoms with Crippen molar-refractivity contribution in [3.63, 3.8) is 0 Å². The molecule has 0 saturated carbocycles. The van der Waals surface area contributed by atoms with E-state index in [0.29, 0.717) is 6.61 Å². The minimum atomic E-state index is -0.255. The van der Waals surface area contributed by atoms with Gasteiger partial charge in [-0.05, 0) is 12.8 Å². The van der Waals surface area contributed by atoms with Crippen LogP contribution in [0.3, 0.4) is 0 Å². The van der Waals surface area contributed by atoms with Crippen molar-refractivity contribution in [1.82, 2.24) is 0 Å². The summed E-state index contributed by atoms with van der Waals surface area (Å²) in [5, 5.41) is 0. The molecule has 0 bridgehead atoms. The number of unbranched alkanes of at least 4 members (excludes halogenated alkanes) is 10. The molecule has 0 radical (unpaired) electrons. The van der Waals surface area contributed by atoms with Crippen molar-refractivity contribution in [2.45, 2.75) is 110 Å². The minimum Gasteiger partial charge on any atom is -0.464 e. The van der Waals surface area contributed by atoms with Crippen molar-refractivity contribution in [3.05, 3.63) is 0 Å². The Hall–Kier alpha value is -0.570. The van der Waals surface area contributed by atoms with E-state index in [2.05, 4.69) is 6.92 Å². The lowest BCUT2D eigenvalue weighted by atomic mass is 10.0. The van der Waals surface area contributed by atoms with E-state index in [9.17, 15) is 4.79 Å². The summed E-state index contributed by atoms with van der Waals surface area (Å²) in [4.78, 5) is 11.5. The van der Waals surface area contributed by atoms with Gasteiger partial charge in [0.2, 0.25) is 0 Å². The first kappa shape index (κ1) is 19.5. The Morgan fingerprint density at radius 3 is 1.91 bits per heavy atom. The molecule has 22 heavy (non-hydrogen) atoms. The third-order valence-corrected chi connectivity index (χ3v) is 4.36. The second-order valence-corrected chi connectivity index (χ2v) is 6.59. The van der Waals surface area contributed by atoms with Gasteiger partial charge in [0.05, 0.1) is 12.7 Å². The highest BCUT2D eigenvalue weighted by Gasteiger charge is 2.45. The van der Waals surface area contributed by atoms with Gasteiger partial charge in [-0.2, -0.15) is 0 Å². The molecular formula is C19H36O3. The molecule has 0 aromatic heterocycles. The summed E-state index contributed by atoms with van der Waals surface area (Å²) in [6.45, 7) is 4.79. The molecule has 0 aromatic rings. The second-order valence-electron chi connectivity index (χ2n) is 6.59. The van der Waals surface area contributed by atoms with E-state index in [4.69, 9.17) is 9.47 Å². The van der Waals surface area contributed by atoms with Crippen LogP contribution < -0.4 is 0 Å². The third kappa shape index (κ3) is 9.45. The van der Waals surface area contributed by atoms with Gasteiger partial charge in [-0.25, -0.2) is 4.79 Å². The summed E-state index contributed by atoms with van der Waals surface area (Å²) >= 11 is 0. The van der Waals surface area contributed by atoms with Gasteiger partial charge in [-0.3, -0.25) is 0 Å². The predicted molar refractivity (Wildman–Crippen MR) is 91.0 cm³/mol. The fourth-order valence-electron chi connectivity index (χ4n) is 2.86. The number of carbonyl (C=O) groups is 1. The molecule has 1 aliphatic heterocycles. The van der Waals surface area contributed by atoms with Crippen LogP contribution in [0.25, 0.3) is 0 Å². The molecule has 1 fully saturated rings.